The highest BCUT2D eigenvalue weighted by Crippen LogP contribution is 2.22. The average molecular weight is 226 g/mol. The summed E-state index contributed by atoms with van der Waals surface area (Å²) in [6.45, 7) is 7.21. The van der Waals surface area contributed by atoms with Crippen molar-refractivity contribution in [3.63, 3.8) is 0 Å². The standard InChI is InChI=1S/C11H18N2OS/c1-11(2,3)15-7-6-13-8-9(12)4-5-10(13)14/h4-5,8H,6-7,12H2,1-3H3. The molecule has 0 saturated carbocycles. The second kappa shape index (κ2) is 4.75. The van der Waals surface area contributed by atoms with Crippen LogP contribution in [-0.4, -0.2) is 15.1 Å². The summed E-state index contributed by atoms with van der Waals surface area (Å²) in [4.78, 5) is 11.4. The molecule has 84 valence electrons. The molecule has 0 aliphatic rings. The van der Waals surface area contributed by atoms with Crippen molar-refractivity contribution in [1.82, 2.24) is 4.57 Å². The number of aromatic nitrogens is 1. The maximum Gasteiger partial charge on any atom is 0.250 e. The Morgan fingerprint density at radius 2 is 2.07 bits per heavy atom. The number of rotatable bonds is 3. The summed E-state index contributed by atoms with van der Waals surface area (Å²) < 4.78 is 1.90. The van der Waals surface area contributed by atoms with E-state index in [0.717, 1.165) is 5.75 Å². The number of nitrogens with two attached hydrogens (primary N) is 1. The lowest BCUT2D eigenvalue weighted by molar-refractivity contribution is 0.727. The van der Waals surface area contributed by atoms with Crippen LogP contribution in [0.5, 0.6) is 0 Å². The summed E-state index contributed by atoms with van der Waals surface area (Å²) in [5.41, 5.74) is 6.27. The molecule has 1 heterocycles. The van der Waals surface area contributed by atoms with E-state index < -0.39 is 0 Å². The van der Waals surface area contributed by atoms with Crippen molar-refractivity contribution in [2.45, 2.75) is 32.1 Å². The van der Waals surface area contributed by atoms with Crippen molar-refractivity contribution in [1.29, 1.82) is 0 Å². The zero-order valence-electron chi connectivity index (χ0n) is 9.49. The Morgan fingerprint density at radius 3 is 2.67 bits per heavy atom. The quantitative estimate of drug-likeness (QED) is 0.857. The summed E-state index contributed by atoms with van der Waals surface area (Å²) in [5, 5.41) is 0. The minimum atomic E-state index is 0.0127. The van der Waals surface area contributed by atoms with E-state index in [1.54, 1.807) is 16.8 Å². The Morgan fingerprint density at radius 1 is 1.40 bits per heavy atom. The second-order valence-corrected chi connectivity index (χ2v) is 6.38. The van der Waals surface area contributed by atoms with Gasteiger partial charge in [-0.05, 0) is 6.07 Å². The van der Waals surface area contributed by atoms with Crippen molar-refractivity contribution in [3.05, 3.63) is 28.7 Å². The number of aryl methyl sites for hydroxylation is 1. The molecule has 0 radical (unpaired) electrons. The fourth-order valence-corrected chi connectivity index (χ4v) is 2.08. The lowest BCUT2D eigenvalue weighted by Crippen LogP contribution is -2.21. The van der Waals surface area contributed by atoms with E-state index >= 15 is 0 Å². The number of anilines is 1. The lowest BCUT2D eigenvalue weighted by Gasteiger charge is -2.17. The Hall–Kier alpha value is -0.900. The number of hydrogen-bond acceptors (Lipinski definition) is 3. The average Bonchev–Trinajstić information content (AvgIpc) is 2.09. The van der Waals surface area contributed by atoms with Gasteiger partial charge >= 0.3 is 0 Å². The van der Waals surface area contributed by atoms with Crippen LogP contribution in [0.4, 0.5) is 5.69 Å². The van der Waals surface area contributed by atoms with Crippen LogP contribution in [-0.2, 0) is 6.54 Å². The van der Waals surface area contributed by atoms with Gasteiger partial charge in [-0.25, -0.2) is 0 Å². The molecule has 0 aromatic carbocycles. The topological polar surface area (TPSA) is 48.0 Å². The van der Waals surface area contributed by atoms with Gasteiger partial charge in [0, 0.05) is 35.0 Å². The summed E-state index contributed by atoms with van der Waals surface area (Å²) in [6.07, 6.45) is 1.70. The molecular formula is C11H18N2OS. The van der Waals surface area contributed by atoms with E-state index in [1.165, 1.54) is 6.07 Å². The Kier molecular flexibility index (Phi) is 3.85. The molecule has 0 aliphatic carbocycles. The molecule has 0 bridgehead atoms. The predicted molar refractivity (Wildman–Crippen MR) is 67.3 cm³/mol. The van der Waals surface area contributed by atoms with Gasteiger partial charge in [-0.1, -0.05) is 20.8 Å². The fourth-order valence-electron chi connectivity index (χ4n) is 1.17. The molecule has 1 aromatic rings. The Balaban J connectivity index is 2.58. The number of nitrogen functional groups attached to an aromatic ring is 1. The van der Waals surface area contributed by atoms with E-state index in [9.17, 15) is 4.79 Å². The second-order valence-electron chi connectivity index (χ2n) is 4.45. The van der Waals surface area contributed by atoms with E-state index in [4.69, 9.17) is 5.73 Å². The number of hydrogen-bond donors (Lipinski definition) is 1. The van der Waals surface area contributed by atoms with Crippen LogP contribution in [0, 0.1) is 0 Å². The minimum absolute atomic E-state index is 0.0127. The van der Waals surface area contributed by atoms with Gasteiger partial charge in [0.05, 0.1) is 0 Å². The molecule has 4 heteroatoms. The number of pyridine rings is 1. The predicted octanol–water partition coefficient (Wildman–Crippen LogP) is 1.96. The summed E-state index contributed by atoms with van der Waals surface area (Å²) in [6, 6.07) is 3.15. The summed E-state index contributed by atoms with van der Waals surface area (Å²) in [5.74, 6) is 0.923. The van der Waals surface area contributed by atoms with Crippen LogP contribution in [0.15, 0.2) is 23.1 Å². The maximum absolute atomic E-state index is 11.4. The van der Waals surface area contributed by atoms with E-state index in [0.29, 0.717) is 12.2 Å². The SMILES string of the molecule is CC(C)(C)SCCn1cc(N)ccc1=O. The van der Waals surface area contributed by atoms with Crippen LogP contribution in [0.25, 0.3) is 0 Å². The van der Waals surface area contributed by atoms with Gasteiger partial charge < -0.3 is 10.3 Å². The molecule has 0 unspecified atom stereocenters. The van der Waals surface area contributed by atoms with Gasteiger partial charge in [-0.3, -0.25) is 4.79 Å². The molecule has 15 heavy (non-hydrogen) atoms. The highest BCUT2D eigenvalue weighted by Gasteiger charge is 2.09. The van der Waals surface area contributed by atoms with Gasteiger partial charge in [-0.15, -0.1) is 0 Å². The van der Waals surface area contributed by atoms with E-state index in [2.05, 4.69) is 20.8 Å². The molecule has 0 saturated heterocycles. The monoisotopic (exact) mass is 226 g/mol. The highest BCUT2D eigenvalue weighted by molar-refractivity contribution is 8.00. The minimum Gasteiger partial charge on any atom is -0.398 e. The molecule has 0 amide bonds. The first-order valence-corrected chi connectivity index (χ1v) is 5.97. The van der Waals surface area contributed by atoms with Gasteiger partial charge in [0.15, 0.2) is 0 Å². The molecule has 1 aromatic heterocycles. The van der Waals surface area contributed by atoms with Crippen molar-refractivity contribution in [2.75, 3.05) is 11.5 Å². The van der Waals surface area contributed by atoms with Crippen LogP contribution >= 0.6 is 11.8 Å². The van der Waals surface area contributed by atoms with Gasteiger partial charge in [0.1, 0.15) is 0 Å². The lowest BCUT2D eigenvalue weighted by atomic mass is 10.3. The molecule has 1 rings (SSSR count). The largest absolute Gasteiger partial charge is 0.398 e. The van der Waals surface area contributed by atoms with Gasteiger partial charge in [0.2, 0.25) is 0 Å². The van der Waals surface area contributed by atoms with E-state index in [-0.39, 0.29) is 10.3 Å². The first kappa shape index (κ1) is 12.2. The molecule has 2 N–H and O–H groups in total. The third-order valence-electron chi connectivity index (χ3n) is 1.87. The number of nitrogens with zero attached hydrogens (tertiary/aromatic N) is 1. The summed E-state index contributed by atoms with van der Waals surface area (Å²) >= 11 is 1.84. The first-order valence-electron chi connectivity index (χ1n) is 4.98. The maximum atomic E-state index is 11.4. The molecule has 3 nitrogen and oxygen atoms in total. The molecule has 0 atom stereocenters. The van der Waals surface area contributed by atoms with Crippen LogP contribution in [0.1, 0.15) is 20.8 Å². The van der Waals surface area contributed by atoms with Crippen molar-refractivity contribution in [3.8, 4) is 0 Å². The van der Waals surface area contributed by atoms with Crippen molar-refractivity contribution >= 4 is 17.4 Å². The third kappa shape index (κ3) is 4.42. The smallest absolute Gasteiger partial charge is 0.250 e. The van der Waals surface area contributed by atoms with Crippen LogP contribution in [0.2, 0.25) is 0 Å². The van der Waals surface area contributed by atoms with Crippen molar-refractivity contribution in [2.24, 2.45) is 0 Å². The van der Waals surface area contributed by atoms with Gasteiger partial charge in [-0.2, -0.15) is 11.8 Å². The summed E-state index contributed by atoms with van der Waals surface area (Å²) in [7, 11) is 0. The molecular weight excluding hydrogens is 208 g/mol. The number of thioether (sulfide) groups is 1. The fraction of sp³-hybridized carbons (Fsp3) is 0.545. The molecule has 0 spiro atoms. The Bertz CT molecular complexity index is 379. The zero-order valence-corrected chi connectivity index (χ0v) is 10.3. The third-order valence-corrected chi connectivity index (χ3v) is 3.13. The normalized spacial score (nSPS) is 11.7. The highest BCUT2D eigenvalue weighted by atomic mass is 32.2. The zero-order chi connectivity index (χ0) is 11.5. The van der Waals surface area contributed by atoms with Crippen LogP contribution < -0.4 is 11.3 Å². The van der Waals surface area contributed by atoms with Gasteiger partial charge in [0.25, 0.3) is 5.56 Å². The van der Waals surface area contributed by atoms with Crippen LogP contribution in [0.3, 0.4) is 0 Å². The molecule has 0 aliphatic heterocycles. The van der Waals surface area contributed by atoms with Crippen molar-refractivity contribution < 1.29 is 0 Å². The Labute approximate surface area is 94.7 Å². The molecule has 0 fully saturated rings. The first-order chi connectivity index (χ1) is 6.88. The van der Waals surface area contributed by atoms with E-state index in [1.807, 2.05) is 11.8 Å².